The molecule has 0 aliphatic carbocycles. The van der Waals surface area contributed by atoms with Gasteiger partial charge in [-0.25, -0.2) is 0 Å². The zero-order valence-electron chi connectivity index (χ0n) is 9.38. The largest absolute Gasteiger partial charge is 0.573 e. The molecule has 3 nitrogen and oxygen atoms in total. The molecule has 1 unspecified atom stereocenters. The third kappa shape index (κ3) is 3.62. The van der Waals surface area contributed by atoms with Crippen LogP contribution in [0.4, 0.5) is 18.9 Å². The van der Waals surface area contributed by atoms with Gasteiger partial charge in [-0.2, -0.15) is 0 Å². The first-order chi connectivity index (χ1) is 8.76. The Hall–Kier alpha value is -0.760. The maximum atomic E-state index is 12.3. The number of anilines is 1. The summed E-state index contributed by atoms with van der Waals surface area (Å²) in [5.41, 5.74) is 0.110. The fourth-order valence-corrected chi connectivity index (χ4v) is 2.72. The van der Waals surface area contributed by atoms with E-state index >= 15 is 0 Å². The van der Waals surface area contributed by atoms with Gasteiger partial charge < -0.3 is 9.64 Å². The van der Waals surface area contributed by atoms with E-state index < -0.39 is 6.36 Å². The maximum Gasteiger partial charge on any atom is 0.573 e. The van der Waals surface area contributed by atoms with E-state index in [4.69, 9.17) is 0 Å². The van der Waals surface area contributed by atoms with E-state index in [9.17, 15) is 18.0 Å². The fraction of sp³-hybridized carbons (Fsp3) is 0.364. The number of hydrogen-bond donors (Lipinski definition) is 0. The van der Waals surface area contributed by atoms with Crippen molar-refractivity contribution in [3.05, 3.63) is 22.7 Å². The molecule has 1 saturated heterocycles. The van der Waals surface area contributed by atoms with Crippen molar-refractivity contribution in [1.29, 1.82) is 0 Å². The number of carbonyl (C=O) groups is 1. The van der Waals surface area contributed by atoms with Crippen LogP contribution in [0.15, 0.2) is 22.7 Å². The van der Waals surface area contributed by atoms with Crippen LogP contribution < -0.4 is 9.64 Å². The van der Waals surface area contributed by atoms with Crippen LogP contribution in [0.1, 0.15) is 6.42 Å². The Kier molecular flexibility index (Phi) is 4.10. The first kappa shape index (κ1) is 14.6. The van der Waals surface area contributed by atoms with Gasteiger partial charge in [0, 0.05) is 22.3 Å². The maximum absolute atomic E-state index is 12.3. The average molecular weight is 403 g/mol. The smallest absolute Gasteiger partial charge is 0.404 e. The molecule has 0 bridgehead atoms. The summed E-state index contributed by atoms with van der Waals surface area (Å²) in [5.74, 6) is -0.627. The van der Waals surface area contributed by atoms with E-state index in [1.54, 1.807) is 0 Å². The van der Waals surface area contributed by atoms with Crippen molar-refractivity contribution in [1.82, 2.24) is 0 Å². The number of hydrogen-bond acceptors (Lipinski definition) is 2. The molecule has 104 valence electrons. The predicted molar refractivity (Wildman–Crippen MR) is 70.5 cm³/mol. The molecule has 1 aromatic rings. The topological polar surface area (TPSA) is 29.5 Å². The lowest BCUT2D eigenvalue weighted by Crippen LogP contribution is -2.27. The molecule has 8 heteroatoms. The Morgan fingerprint density at radius 1 is 1.37 bits per heavy atom. The van der Waals surface area contributed by atoms with Crippen molar-refractivity contribution in [3.8, 4) is 5.75 Å². The summed E-state index contributed by atoms with van der Waals surface area (Å²) in [4.78, 5) is 13.0. The van der Waals surface area contributed by atoms with E-state index in [-0.39, 0.29) is 28.6 Å². The van der Waals surface area contributed by atoms with Gasteiger partial charge in [-0.15, -0.1) is 13.2 Å². The van der Waals surface area contributed by atoms with Gasteiger partial charge in [0.05, 0.1) is 5.69 Å². The minimum Gasteiger partial charge on any atom is -0.404 e. The van der Waals surface area contributed by atoms with Crippen LogP contribution in [0.25, 0.3) is 0 Å². The lowest BCUT2D eigenvalue weighted by Gasteiger charge is -2.21. The average Bonchev–Trinajstić information content (AvgIpc) is 2.58. The lowest BCUT2D eigenvalue weighted by atomic mass is 10.2. The van der Waals surface area contributed by atoms with Crippen LogP contribution in [0.3, 0.4) is 0 Å². The number of halogens is 5. The Bertz CT molecular complexity index is 507. The number of rotatable bonds is 2. The van der Waals surface area contributed by atoms with E-state index in [1.807, 2.05) is 0 Å². The van der Waals surface area contributed by atoms with E-state index in [1.165, 1.54) is 23.1 Å². The standard InChI is InChI=1S/C11H8Br2F3NO2/c12-6-1-2-9(19-11(14,15)16)8(3-6)17-5-7(13)4-10(17)18/h1-3,7H,4-5H2. The molecule has 0 aromatic heterocycles. The molecule has 0 spiro atoms. The molecule has 1 heterocycles. The molecule has 19 heavy (non-hydrogen) atoms. The number of benzene rings is 1. The zero-order chi connectivity index (χ0) is 14.2. The second-order valence-electron chi connectivity index (χ2n) is 3.97. The first-order valence-electron chi connectivity index (χ1n) is 5.26. The molecule has 0 N–H and O–H groups in total. The molecule has 2 rings (SSSR count). The normalized spacial score (nSPS) is 19.9. The summed E-state index contributed by atoms with van der Waals surface area (Å²) in [7, 11) is 0. The minimum atomic E-state index is -4.79. The Labute approximate surface area is 124 Å². The van der Waals surface area contributed by atoms with Gasteiger partial charge in [0.15, 0.2) is 5.75 Å². The molecule has 1 aromatic carbocycles. The van der Waals surface area contributed by atoms with Crippen LogP contribution in [-0.2, 0) is 4.79 Å². The Morgan fingerprint density at radius 3 is 2.58 bits per heavy atom. The Morgan fingerprint density at radius 2 is 2.05 bits per heavy atom. The number of ether oxygens (including phenoxy) is 1. The molecule has 1 aliphatic rings. The van der Waals surface area contributed by atoms with Crippen LogP contribution in [0.2, 0.25) is 0 Å². The van der Waals surface area contributed by atoms with Gasteiger partial charge in [0.1, 0.15) is 0 Å². The van der Waals surface area contributed by atoms with E-state index in [2.05, 4.69) is 36.6 Å². The highest BCUT2D eigenvalue weighted by atomic mass is 79.9. The monoisotopic (exact) mass is 401 g/mol. The number of carbonyl (C=O) groups excluding carboxylic acids is 1. The summed E-state index contributed by atoms with van der Waals surface area (Å²) < 4.78 is 41.5. The minimum absolute atomic E-state index is 0.0716. The molecular weight excluding hydrogens is 395 g/mol. The van der Waals surface area contributed by atoms with Crippen molar-refractivity contribution >= 4 is 43.5 Å². The van der Waals surface area contributed by atoms with Gasteiger partial charge in [0.25, 0.3) is 0 Å². The van der Waals surface area contributed by atoms with Crippen molar-refractivity contribution in [3.63, 3.8) is 0 Å². The van der Waals surface area contributed by atoms with Crippen molar-refractivity contribution in [2.24, 2.45) is 0 Å². The number of nitrogens with zero attached hydrogens (tertiary/aromatic N) is 1. The molecular formula is C11H8Br2F3NO2. The van der Waals surface area contributed by atoms with Crippen LogP contribution >= 0.6 is 31.9 Å². The fourth-order valence-electron chi connectivity index (χ4n) is 1.81. The summed E-state index contributed by atoms with van der Waals surface area (Å²) >= 11 is 6.46. The van der Waals surface area contributed by atoms with E-state index in [0.717, 1.165) is 0 Å². The van der Waals surface area contributed by atoms with Crippen LogP contribution in [0.5, 0.6) is 5.75 Å². The first-order valence-corrected chi connectivity index (χ1v) is 6.97. The molecule has 1 aliphatic heterocycles. The van der Waals surface area contributed by atoms with Crippen molar-refractivity contribution in [2.75, 3.05) is 11.4 Å². The highest BCUT2D eigenvalue weighted by molar-refractivity contribution is 9.10. The van der Waals surface area contributed by atoms with Crippen LogP contribution in [-0.4, -0.2) is 23.6 Å². The second-order valence-corrected chi connectivity index (χ2v) is 6.18. The number of amides is 1. The highest BCUT2D eigenvalue weighted by Gasteiger charge is 2.35. The summed E-state index contributed by atoms with van der Waals surface area (Å²) in [6, 6.07) is 4.04. The SMILES string of the molecule is O=C1CC(Br)CN1c1cc(Br)ccc1OC(F)(F)F. The highest BCUT2D eigenvalue weighted by Crippen LogP contribution is 2.37. The Balaban J connectivity index is 2.38. The molecule has 0 saturated carbocycles. The quantitative estimate of drug-likeness (QED) is 0.703. The van der Waals surface area contributed by atoms with E-state index in [0.29, 0.717) is 11.0 Å². The van der Waals surface area contributed by atoms with Crippen molar-refractivity contribution < 1.29 is 22.7 Å². The van der Waals surface area contributed by atoms with Crippen molar-refractivity contribution in [2.45, 2.75) is 17.6 Å². The van der Waals surface area contributed by atoms with Gasteiger partial charge in [-0.3, -0.25) is 4.79 Å². The summed E-state index contributed by atoms with van der Waals surface area (Å²) in [6.07, 6.45) is -4.54. The predicted octanol–water partition coefficient (Wildman–Crippen LogP) is 3.85. The summed E-state index contributed by atoms with van der Waals surface area (Å²) in [6.45, 7) is 0.309. The zero-order valence-corrected chi connectivity index (χ0v) is 12.5. The third-order valence-electron chi connectivity index (χ3n) is 2.52. The molecule has 0 radical (unpaired) electrons. The van der Waals surface area contributed by atoms with Crippen LogP contribution in [0, 0.1) is 0 Å². The van der Waals surface area contributed by atoms with Gasteiger partial charge in [0.2, 0.25) is 5.91 Å². The summed E-state index contributed by atoms with van der Waals surface area (Å²) in [5, 5.41) is 0. The van der Waals surface area contributed by atoms with Gasteiger partial charge >= 0.3 is 6.36 Å². The molecule has 1 fully saturated rings. The van der Waals surface area contributed by atoms with Gasteiger partial charge in [-0.1, -0.05) is 31.9 Å². The lowest BCUT2D eigenvalue weighted by molar-refractivity contribution is -0.274. The van der Waals surface area contributed by atoms with Gasteiger partial charge in [-0.05, 0) is 18.2 Å². The second kappa shape index (κ2) is 5.32. The number of alkyl halides is 4. The molecule has 1 atom stereocenters. The molecule has 1 amide bonds. The third-order valence-corrected chi connectivity index (χ3v) is 3.62.